The summed E-state index contributed by atoms with van der Waals surface area (Å²) in [6.07, 6.45) is 0.834. The molecule has 0 aromatic heterocycles. The fourth-order valence-electron chi connectivity index (χ4n) is 3.07. The van der Waals surface area contributed by atoms with Crippen molar-refractivity contribution in [2.24, 2.45) is 0 Å². The molecule has 3 rings (SSSR count). The van der Waals surface area contributed by atoms with Crippen molar-refractivity contribution in [3.8, 4) is 0 Å². The van der Waals surface area contributed by atoms with Crippen molar-refractivity contribution in [2.75, 3.05) is 44.3 Å². The summed E-state index contributed by atoms with van der Waals surface area (Å²) >= 11 is 0. The Morgan fingerprint density at radius 3 is 2.76 bits per heavy atom. The lowest BCUT2D eigenvalue weighted by Gasteiger charge is -2.23. The van der Waals surface area contributed by atoms with Gasteiger partial charge in [-0.15, -0.1) is 0 Å². The number of anilines is 1. The zero-order valence-electron chi connectivity index (χ0n) is 12.4. The number of benzene rings is 1. The molecule has 5 nitrogen and oxygen atoms in total. The molecule has 0 bridgehead atoms. The van der Waals surface area contributed by atoms with Gasteiger partial charge in [-0.25, -0.2) is 0 Å². The molecule has 0 aliphatic carbocycles. The standard InChI is InChI=1S/C16H20N2O3/c1-12(19)18-5-4-13-10-14(2-3-15(13)18)16(20)11-17-6-8-21-9-7-17/h2-3,10H,4-9,11H2,1H3/p+1. The van der Waals surface area contributed by atoms with Gasteiger partial charge < -0.3 is 14.5 Å². The molecule has 2 aliphatic rings. The lowest BCUT2D eigenvalue weighted by Crippen LogP contribution is -3.14. The zero-order chi connectivity index (χ0) is 14.8. The van der Waals surface area contributed by atoms with E-state index in [1.165, 1.54) is 4.90 Å². The van der Waals surface area contributed by atoms with Gasteiger partial charge in [0.15, 0.2) is 0 Å². The highest BCUT2D eigenvalue weighted by molar-refractivity contribution is 5.99. The van der Waals surface area contributed by atoms with Crippen LogP contribution in [0.1, 0.15) is 22.8 Å². The highest BCUT2D eigenvalue weighted by Gasteiger charge is 2.24. The summed E-state index contributed by atoms with van der Waals surface area (Å²) < 4.78 is 5.31. The Morgan fingerprint density at radius 2 is 2.05 bits per heavy atom. The normalized spacial score (nSPS) is 18.6. The van der Waals surface area contributed by atoms with Crippen LogP contribution in [0, 0.1) is 0 Å². The van der Waals surface area contributed by atoms with Crippen LogP contribution >= 0.6 is 0 Å². The number of Topliss-reactive ketones (excluding diaryl/α,β-unsaturated/α-hetero) is 1. The minimum atomic E-state index is 0.0607. The maximum absolute atomic E-state index is 12.4. The average molecular weight is 289 g/mol. The Kier molecular flexibility index (Phi) is 4.03. The fraction of sp³-hybridized carbons (Fsp3) is 0.500. The molecule has 5 heteroatoms. The van der Waals surface area contributed by atoms with E-state index in [4.69, 9.17) is 4.74 Å². The molecule has 21 heavy (non-hydrogen) atoms. The van der Waals surface area contributed by atoms with E-state index >= 15 is 0 Å². The second-order valence-electron chi connectivity index (χ2n) is 5.73. The summed E-state index contributed by atoms with van der Waals surface area (Å²) in [6.45, 7) is 6.09. The third-order valence-corrected chi connectivity index (χ3v) is 4.29. The Morgan fingerprint density at radius 1 is 1.29 bits per heavy atom. The molecule has 0 unspecified atom stereocenters. The molecule has 1 saturated heterocycles. The molecule has 2 aliphatic heterocycles. The zero-order valence-corrected chi connectivity index (χ0v) is 12.4. The molecular weight excluding hydrogens is 268 g/mol. The number of carbonyl (C=O) groups is 2. The number of ketones is 1. The lowest BCUT2D eigenvalue weighted by molar-refractivity contribution is -0.899. The van der Waals surface area contributed by atoms with Crippen LogP contribution in [0.5, 0.6) is 0 Å². The van der Waals surface area contributed by atoms with Gasteiger partial charge in [0, 0.05) is 24.7 Å². The summed E-state index contributed by atoms with van der Waals surface area (Å²) in [6, 6.07) is 5.72. The quantitative estimate of drug-likeness (QED) is 0.777. The van der Waals surface area contributed by atoms with E-state index in [1.807, 2.05) is 18.2 Å². The fourth-order valence-corrected chi connectivity index (χ4v) is 3.07. The number of fused-ring (bicyclic) bond motifs is 1. The van der Waals surface area contributed by atoms with Crippen molar-refractivity contribution in [3.05, 3.63) is 29.3 Å². The van der Waals surface area contributed by atoms with Gasteiger partial charge in [-0.1, -0.05) is 0 Å². The van der Waals surface area contributed by atoms with E-state index in [-0.39, 0.29) is 11.7 Å². The summed E-state index contributed by atoms with van der Waals surface area (Å²) in [5.41, 5.74) is 2.82. The van der Waals surface area contributed by atoms with Crippen LogP contribution < -0.4 is 9.80 Å². The van der Waals surface area contributed by atoms with Gasteiger partial charge in [0.05, 0.1) is 13.2 Å². The molecule has 1 amide bonds. The monoisotopic (exact) mass is 289 g/mol. The number of nitrogens with one attached hydrogen (secondary N) is 1. The average Bonchev–Trinajstić information content (AvgIpc) is 2.91. The highest BCUT2D eigenvalue weighted by Crippen LogP contribution is 2.28. The van der Waals surface area contributed by atoms with Gasteiger partial charge in [0.25, 0.3) is 0 Å². The van der Waals surface area contributed by atoms with Crippen molar-refractivity contribution in [3.63, 3.8) is 0 Å². The van der Waals surface area contributed by atoms with Gasteiger partial charge in [-0.3, -0.25) is 9.59 Å². The first-order valence-corrected chi connectivity index (χ1v) is 7.50. The maximum atomic E-state index is 12.4. The molecule has 0 atom stereocenters. The van der Waals surface area contributed by atoms with Crippen LogP contribution in [0.4, 0.5) is 5.69 Å². The number of hydrogen-bond acceptors (Lipinski definition) is 3. The Balaban J connectivity index is 1.72. The molecule has 1 fully saturated rings. The minimum Gasteiger partial charge on any atom is -0.370 e. The Bertz CT molecular complexity index is 565. The van der Waals surface area contributed by atoms with Crippen LogP contribution in [0.3, 0.4) is 0 Å². The lowest BCUT2D eigenvalue weighted by atomic mass is 10.0. The number of quaternary nitrogens is 1. The van der Waals surface area contributed by atoms with E-state index in [2.05, 4.69) is 0 Å². The molecule has 0 spiro atoms. The molecule has 0 saturated carbocycles. The van der Waals surface area contributed by atoms with Gasteiger partial charge in [0.1, 0.15) is 19.6 Å². The van der Waals surface area contributed by atoms with E-state index in [0.717, 1.165) is 56.1 Å². The van der Waals surface area contributed by atoms with Crippen molar-refractivity contribution in [2.45, 2.75) is 13.3 Å². The number of morpholine rings is 1. The van der Waals surface area contributed by atoms with E-state index < -0.39 is 0 Å². The van der Waals surface area contributed by atoms with Crippen molar-refractivity contribution in [1.82, 2.24) is 0 Å². The van der Waals surface area contributed by atoms with Crippen molar-refractivity contribution < 1.29 is 19.2 Å². The smallest absolute Gasteiger partial charge is 0.223 e. The predicted molar refractivity (Wildman–Crippen MR) is 78.9 cm³/mol. The molecule has 2 heterocycles. The Labute approximate surface area is 124 Å². The van der Waals surface area contributed by atoms with Crippen LogP contribution in [0.25, 0.3) is 0 Å². The highest BCUT2D eigenvalue weighted by atomic mass is 16.5. The van der Waals surface area contributed by atoms with E-state index in [0.29, 0.717) is 6.54 Å². The third kappa shape index (κ3) is 2.99. The van der Waals surface area contributed by atoms with Crippen LogP contribution in [0.15, 0.2) is 18.2 Å². The van der Waals surface area contributed by atoms with Crippen LogP contribution in [-0.4, -0.2) is 51.1 Å². The first kappa shape index (κ1) is 14.2. The number of rotatable bonds is 3. The first-order chi connectivity index (χ1) is 10.1. The molecule has 112 valence electrons. The summed E-state index contributed by atoms with van der Waals surface area (Å²) in [7, 11) is 0. The van der Waals surface area contributed by atoms with Crippen LogP contribution in [-0.2, 0) is 16.0 Å². The largest absolute Gasteiger partial charge is 0.370 e. The SMILES string of the molecule is CC(=O)N1CCc2cc(C(=O)C[NH+]3CCOCC3)ccc21. The van der Waals surface area contributed by atoms with Gasteiger partial charge in [0.2, 0.25) is 11.7 Å². The number of ether oxygens (including phenoxy) is 1. The predicted octanol–water partition coefficient (Wildman–Crippen LogP) is -0.307. The molecule has 0 radical (unpaired) electrons. The third-order valence-electron chi connectivity index (χ3n) is 4.29. The molecule has 1 N–H and O–H groups in total. The Hall–Kier alpha value is -1.72. The number of nitrogens with zero attached hydrogens (tertiary/aromatic N) is 1. The second kappa shape index (κ2) is 5.95. The molecule has 1 aromatic rings. The van der Waals surface area contributed by atoms with Gasteiger partial charge >= 0.3 is 0 Å². The summed E-state index contributed by atoms with van der Waals surface area (Å²) in [5, 5.41) is 0. The molecular formula is C16H21N2O3+. The topological polar surface area (TPSA) is 51.0 Å². The van der Waals surface area contributed by atoms with E-state index in [1.54, 1.807) is 11.8 Å². The second-order valence-corrected chi connectivity index (χ2v) is 5.73. The van der Waals surface area contributed by atoms with Crippen molar-refractivity contribution >= 4 is 17.4 Å². The summed E-state index contributed by atoms with van der Waals surface area (Å²) in [5.74, 6) is 0.238. The van der Waals surface area contributed by atoms with Gasteiger partial charge in [-0.05, 0) is 30.2 Å². The number of carbonyl (C=O) groups excluding carboxylic acids is 2. The maximum Gasteiger partial charge on any atom is 0.223 e. The molecule has 1 aromatic carbocycles. The van der Waals surface area contributed by atoms with Gasteiger partial charge in [-0.2, -0.15) is 0 Å². The first-order valence-electron chi connectivity index (χ1n) is 7.50. The minimum absolute atomic E-state index is 0.0607. The number of hydrogen-bond donors (Lipinski definition) is 1. The van der Waals surface area contributed by atoms with Crippen LogP contribution in [0.2, 0.25) is 0 Å². The number of amides is 1. The van der Waals surface area contributed by atoms with E-state index in [9.17, 15) is 9.59 Å². The summed E-state index contributed by atoms with van der Waals surface area (Å²) in [4.78, 5) is 27.0. The van der Waals surface area contributed by atoms with Crippen molar-refractivity contribution in [1.29, 1.82) is 0 Å².